The number of anilines is 1. The zero-order valence-electron chi connectivity index (χ0n) is 10.3. The van der Waals surface area contributed by atoms with Crippen molar-refractivity contribution < 1.29 is 9.53 Å². The van der Waals surface area contributed by atoms with E-state index in [1.54, 1.807) is 11.9 Å². The van der Waals surface area contributed by atoms with Crippen molar-refractivity contribution >= 4 is 11.6 Å². The van der Waals surface area contributed by atoms with Crippen molar-refractivity contribution in [3.63, 3.8) is 0 Å². The Morgan fingerprint density at radius 2 is 2.29 bits per heavy atom. The highest BCUT2D eigenvalue weighted by atomic mass is 16.5. The highest BCUT2D eigenvalue weighted by molar-refractivity contribution is 5.97. The maximum Gasteiger partial charge on any atom is 0.264 e. The molecule has 92 valence electrons. The van der Waals surface area contributed by atoms with Crippen LogP contribution >= 0.6 is 0 Å². The molecule has 4 heteroatoms. The monoisotopic (exact) mass is 234 g/mol. The molecule has 1 amide bonds. The van der Waals surface area contributed by atoms with E-state index >= 15 is 0 Å². The van der Waals surface area contributed by atoms with Gasteiger partial charge in [-0.2, -0.15) is 0 Å². The number of rotatable bonds is 4. The fourth-order valence-electron chi connectivity index (χ4n) is 1.88. The van der Waals surface area contributed by atoms with E-state index in [1.807, 2.05) is 12.1 Å². The van der Waals surface area contributed by atoms with Crippen LogP contribution in [0, 0.1) is 0 Å². The van der Waals surface area contributed by atoms with Crippen LogP contribution in [0.5, 0.6) is 5.75 Å². The summed E-state index contributed by atoms with van der Waals surface area (Å²) in [5.74, 6) is 0.792. The molecular formula is C13H18N2O2. The Hall–Kier alpha value is -1.55. The van der Waals surface area contributed by atoms with Crippen LogP contribution in [0.3, 0.4) is 0 Å². The lowest BCUT2D eigenvalue weighted by atomic mass is 10.1. The van der Waals surface area contributed by atoms with E-state index in [-0.39, 0.29) is 12.5 Å². The number of fused-ring (bicyclic) bond motifs is 1. The Labute approximate surface area is 102 Å². The normalized spacial score (nSPS) is 14.5. The zero-order chi connectivity index (χ0) is 12.3. The summed E-state index contributed by atoms with van der Waals surface area (Å²) in [6, 6.07) is 6.03. The van der Waals surface area contributed by atoms with Crippen LogP contribution in [0.4, 0.5) is 5.69 Å². The van der Waals surface area contributed by atoms with Crippen molar-refractivity contribution in [2.75, 3.05) is 31.6 Å². The van der Waals surface area contributed by atoms with Gasteiger partial charge in [0.05, 0.1) is 5.69 Å². The van der Waals surface area contributed by atoms with Crippen LogP contribution in [0.1, 0.15) is 12.5 Å². The lowest BCUT2D eigenvalue weighted by Gasteiger charge is -2.26. The molecule has 1 aliphatic heterocycles. The Kier molecular flexibility index (Phi) is 3.64. The summed E-state index contributed by atoms with van der Waals surface area (Å²) in [6.45, 7) is 4.16. The van der Waals surface area contributed by atoms with Crippen molar-refractivity contribution in [1.82, 2.24) is 5.32 Å². The molecule has 0 saturated heterocycles. The van der Waals surface area contributed by atoms with Crippen molar-refractivity contribution in [1.29, 1.82) is 0 Å². The summed E-state index contributed by atoms with van der Waals surface area (Å²) >= 11 is 0. The van der Waals surface area contributed by atoms with Gasteiger partial charge in [-0.05, 0) is 37.2 Å². The van der Waals surface area contributed by atoms with Gasteiger partial charge in [-0.25, -0.2) is 0 Å². The number of likely N-dealkylation sites (N-methyl/N-ethyl adjacent to an activating group) is 2. The van der Waals surface area contributed by atoms with Gasteiger partial charge in [-0.15, -0.1) is 0 Å². The molecule has 17 heavy (non-hydrogen) atoms. The molecule has 0 aromatic heterocycles. The number of hydrogen-bond donors (Lipinski definition) is 1. The van der Waals surface area contributed by atoms with Crippen LogP contribution in [0.2, 0.25) is 0 Å². The largest absolute Gasteiger partial charge is 0.482 e. The first kappa shape index (κ1) is 11.9. The Balaban J connectivity index is 2.14. The van der Waals surface area contributed by atoms with Gasteiger partial charge >= 0.3 is 0 Å². The molecule has 2 rings (SSSR count). The average molecular weight is 234 g/mol. The predicted molar refractivity (Wildman–Crippen MR) is 67.6 cm³/mol. The van der Waals surface area contributed by atoms with E-state index in [4.69, 9.17) is 4.74 Å². The van der Waals surface area contributed by atoms with Crippen LogP contribution in [-0.2, 0) is 11.2 Å². The maximum atomic E-state index is 11.5. The molecule has 1 aliphatic rings. The molecule has 1 N–H and O–H groups in total. The van der Waals surface area contributed by atoms with E-state index < -0.39 is 0 Å². The molecular weight excluding hydrogens is 216 g/mol. The minimum atomic E-state index is 0.00123. The molecule has 0 aliphatic carbocycles. The average Bonchev–Trinajstić information content (AvgIpc) is 2.35. The molecule has 0 fully saturated rings. The number of hydrogen-bond acceptors (Lipinski definition) is 3. The summed E-state index contributed by atoms with van der Waals surface area (Å²) in [4.78, 5) is 13.2. The van der Waals surface area contributed by atoms with Crippen LogP contribution in [-0.4, -0.2) is 32.7 Å². The van der Waals surface area contributed by atoms with E-state index in [1.165, 1.54) is 5.56 Å². The Bertz CT molecular complexity index is 418. The summed E-state index contributed by atoms with van der Waals surface area (Å²) in [5, 5.41) is 3.28. The Morgan fingerprint density at radius 1 is 1.47 bits per heavy atom. The number of amides is 1. The van der Waals surface area contributed by atoms with E-state index in [2.05, 4.69) is 18.3 Å². The molecule has 0 spiro atoms. The second-order valence-electron chi connectivity index (χ2n) is 4.15. The number of nitrogens with zero attached hydrogens (tertiary/aromatic N) is 1. The summed E-state index contributed by atoms with van der Waals surface area (Å²) in [6.07, 6.45) is 0.961. The third-order valence-corrected chi connectivity index (χ3v) is 2.95. The lowest BCUT2D eigenvalue weighted by molar-refractivity contribution is -0.120. The number of carbonyl (C=O) groups is 1. The van der Waals surface area contributed by atoms with Crippen molar-refractivity contribution in [2.24, 2.45) is 0 Å². The number of ether oxygens (including phenoxy) is 1. The van der Waals surface area contributed by atoms with Crippen LogP contribution < -0.4 is 15.0 Å². The van der Waals surface area contributed by atoms with Gasteiger partial charge in [0.1, 0.15) is 5.75 Å². The first-order valence-corrected chi connectivity index (χ1v) is 5.95. The van der Waals surface area contributed by atoms with E-state index in [9.17, 15) is 4.79 Å². The van der Waals surface area contributed by atoms with Crippen LogP contribution in [0.15, 0.2) is 18.2 Å². The van der Waals surface area contributed by atoms with Gasteiger partial charge in [0.15, 0.2) is 6.61 Å². The number of nitrogens with one attached hydrogen (secondary N) is 1. The third kappa shape index (κ3) is 2.58. The van der Waals surface area contributed by atoms with Gasteiger partial charge in [-0.1, -0.05) is 13.0 Å². The predicted octanol–water partition coefficient (Wildman–Crippen LogP) is 1.19. The zero-order valence-corrected chi connectivity index (χ0v) is 10.3. The fraction of sp³-hybridized carbons (Fsp3) is 0.462. The number of benzene rings is 1. The molecule has 0 saturated carbocycles. The SMILES string of the molecule is CCNCCc1ccc2c(c1)N(C)C(=O)CO2. The van der Waals surface area contributed by atoms with Gasteiger partial charge in [-0.3, -0.25) is 4.79 Å². The summed E-state index contributed by atoms with van der Waals surface area (Å²) in [5.41, 5.74) is 2.09. The minimum absolute atomic E-state index is 0.00123. The van der Waals surface area contributed by atoms with Gasteiger partial charge in [0, 0.05) is 7.05 Å². The molecule has 4 nitrogen and oxygen atoms in total. The molecule has 0 radical (unpaired) electrons. The lowest BCUT2D eigenvalue weighted by Crippen LogP contribution is -2.35. The molecule has 1 heterocycles. The molecule has 0 bridgehead atoms. The molecule has 1 aromatic rings. The van der Waals surface area contributed by atoms with Gasteiger partial charge in [0.25, 0.3) is 5.91 Å². The first-order valence-electron chi connectivity index (χ1n) is 5.95. The molecule has 0 unspecified atom stereocenters. The Morgan fingerprint density at radius 3 is 3.06 bits per heavy atom. The van der Waals surface area contributed by atoms with Gasteiger partial charge < -0.3 is 15.0 Å². The quantitative estimate of drug-likeness (QED) is 0.796. The maximum absolute atomic E-state index is 11.5. The second kappa shape index (κ2) is 5.19. The first-order chi connectivity index (χ1) is 8.22. The minimum Gasteiger partial charge on any atom is -0.482 e. The standard InChI is InChI=1S/C13H18N2O2/c1-3-14-7-6-10-4-5-12-11(8-10)15(2)13(16)9-17-12/h4-5,8,14H,3,6-7,9H2,1-2H3. The molecule has 1 aromatic carbocycles. The van der Waals surface area contributed by atoms with Gasteiger partial charge in [0.2, 0.25) is 0 Å². The highest BCUT2D eigenvalue weighted by Crippen LogP contribution is 2.31. The molecule has 0 atom stereocenters. The summed E-state index contributed by atoms with van der Waals surface area (Å²) in [7, 11) is 1.79. The van der Waals surface area contributed by atoms with E-state index in [0.717, 1.165) is 30.9 Å². The highest BCUT2D eigenvalue weighted by Gasteiger charge is 2.21. The smallest absolute Gasteiger partial charge is 0.264 e. The van der Waals surface area contributed by atoms with Crippen molar-refractivity contribution in [3.05, 3.63) is 23.8 Å². The second-order valence-corrected chi connectivity index (χ2v) is 4.15. The topological polar surface area (TPSA) is 41.6 Å². The van der Waals surface area contributed by atoms with E-state index in [0.29, 0.717) is 0 Å². The van der Waals surface area contributed by atoms with Crippen LogP contribution in [0.25, 0.3) is 0 Å². The summed E-state index contributed by atoms with van der Waals surface area (Å²) < 4.78 is 5.38. The van der Waals surface area contributed by atoms with Crippen molar-refractivity contribution in [3.8, 4) is 5.75 Å². The number of carbonyl (C=O) groups excluding carboxylic acids is 1. The fourth-order valence-corrected chi connectivity index (χ4v) is 1.88. The third-order valence-electron chi connectivity index (χ3n) is 2.95. The van der Waals surface area contributed by atoms with Crippen molar-refractivity contribution in [2.45, 2.75) is 13.3 Å².